The van der Waals surface area contributed by atoms with E-state index in [1.807, 2.05) is 0 Å². The van der Waals surface area contributed by atoms with Gasteiger partial charge >= 0.3 is 0 Å². The highest BCUT2D eigenvalue weighted by Gasteiger charge is 2.23. The van der Waals surface area contributed by atoms with E-state index in [0.717, 1.165) is 0 Å². The topological polar surface area (TPSA) is 92.4 Å². The second kappa shape index (κ2) is 5.88. The summed E-state index contributed by atoms with van der Waals surface area (Å²) in [5.74, 6) is -0.195. The zero-order valence-electron chi connectivity index (χ0n) is 10.2. The summed E-state index contributed by atoms with van der Waals surface area (Å²) >= 11 is 5.85. The van der Waals surface area contributed by atoms with Crippen molar-refractivity contribution in [2.24, 2.45) is 5.92 Å². The lowest BCUT2D eigenvalue weighted by atomic mass is 10.1. The fraction of sp³-hybridized carbons (Fsp3) is 0.455. The first-order chi connectivity index (χ1) is 8.27. The van der Waals surface area contributed by atoms with Gasteiger partial charge in [-0.25, -0.2) is 13.1 Å². The predicted octanol–water partition coefficient (Wildman–Crippen LogP) is 1.22. The fourth-order valence-corrected chi connectivity index (χ4v) is 3.20. The molecule has 1 aromatic carbocycles. The van der Waals surface area contributed by atoms with Crippen LogP contribution in [-0.2, 0) is 10.0 Å². The van der Waals surface area contributed by atoms with E-state index in [9.17, 15) is 8.42 Å². The van der Waals surface area contributed by atoms with Crippen molar-refractivity contribution in [3.8, 4) is 0 Å². The molecule has 2 atom stereocenters. The average Bonchev–Trinajstić information content (AvgIpc) is 2.30. The van der Waals surface area contributed by atoms with Crippen molar-refractivity contribution in [3.63, 3.8) is 0 Å². The van der Waals surface area contributed by atoms with Crippen LogP contribution in [0.15, 0.2) is 23.1 Å². The van der Waals surface area contributed by atoms with Crippen LogP contribution in [0.4, 0.5) is 5.69 Å². The van der Waals surface area contributed by atoms with E-state index in [4.69, 9.17) is 22.4 Å². The molecule has 0 spiro atoms. The van der Waals surface area contributed by atoms with Crippen LogP contribution in [-0.4, -0.2) is 26.2 Å². The number of aliphatic hydroxyl groups is 1. The lowest BCUT2D eigenvalue weighted by molar-refractivity contribution is 0.216. The zero-order valence-corrected chi connectivity index (χ0v) is 11.8. The van der Waals surface area contributed by atoms with Gasteiger partial charge in [0.25, 0.3) is 0 Å². The third-order valence-electron chi connectivity index (χ3n) is 2.73. The minimum Gasteiger partial charge on any atom is -0.399 e. The molecule has 7 heteroatoms. The molecule has 0 aliphatic heterocycles. The second-order valence-corrected chi connectivity index (χ2v) is 6.35. The van der Waals surface area contributed by atoms with Gasteiger partial charge in [-0.05, 0) is 31.0 Å². The highest BCUT2D eigenvalue weighted by Crippen LogP contribution is 2.24. The van der Waals surface area contributed by atoms with Gasteiger partial charge in [-0.15, -0.1) is 0 Å². The van der Waals surface area contributed by atoms with Gasteiger partial charge in [-0.2, -0.15) is 0 Å². The minimum absolute atomic E-state index is 0.0545. The fourth-order valence-electron chi connectivity index (χ4n) is 1.31. The molecule has 0 bridgehead atoms. The summed E-state index contributed by atoms with van der Waals surface area (Å²) in [7, 11) is -3.74. The summed E-state index contributed by atoms with van der Waals surface area (Å²) in [5.41, 5.74) is 5.87. The maximum absolute atomic E-state index is 12.1. The van der Waals surface area contributed by atoms with Crippen LogP contribution < -0.4 is 10.5 Å². The third kappa shape index (κ3) is 3.58. The number of aliphatic hydroxyl groups excluding tert-OH is 1. The lowest BCUT2D eigenvalue weighted by Gasteiger charge is -2.19. The van der Waals surface area contributed by atoms with Crippen LogP contribution >= 0.6 is 11.6 Å². The van der Waals surface area contributed by atoms with Crippen molar-refractivity contribution < 1.29 is 13.5 Å². The van der Waals surface area contributed by atoms with Gasteiger partial charge in [0.15, 0.2) is 0 Å². The summed E-state index contributed by atoms with van der Waals surface area (Å²) in [6, 6.07) is 3.87. The Balaban J connectivity index is 3.03. The SMILES string of the molecule is CC(CO)C(C)NS(=O)(=O)c1cc(N)ccc1Cl. The molecule has 0 saturated heterocycles. The number of hydrogen-bond acceptors (Lipinski definition) is 4. The molecule has 0 aliphatic carbocycles. The standard InChI is InChI=1S/C11H17ClN2O3S/c1-7(6-15)8(2)14-18(16,17)11-5-9(13)3-4-10(11)12/h3-5,7-8,14-15H,6,13H2,1-2H3. The number of sulfonamides is 1. The van der Waals surface area contributed by atoms with Gasteiger partial charge in [0.1, 0.15) is 4.90 Å². The summed E-state index contributed by atoms with van der Waals surface area (Å²) < 4.78 is 26.7. The number of nitrogens with two attached hydrogens (primary N) is 1. The Kier molecular flexibility index (Phi) is 4.98. The van der Waals surface area contributed by atoms with Crippen LogP contribution in [0, 0.1) is 5.92 Å². The van der Waals surface area contributed by atoms with Gasteiger partial charge < -0.3 is 10.8 Å². The van der Waals surface area contributed by atoms with Crippen molar-refractivity contribution in [1.82, 2.24) is 4.72 Å². The van der Waals surface area contributed by atoms with Gasteiger partial charge in [0, 0.05) is 18.3 Å². The second-order valence-electron chi connectivity index (χ2n) is 4.26. The largest absolute Gasteiger partial charge is 0.399 e. The molecular weight excluding hydrogens is 276 g/mol. The Labute approximate surface area is 112 Å². The molecule has 0 saturated carbocycles. The van der Waals surface area contributed by atoms with Crippen LogP contribution in [0.25, 0.3) is 0 Å². The first-order valence-corrected chi connectivity index (χ1v) is 7.32. The Bertz CT molecular complexity index is 519. The third-order valence-corrected chi connectivity index (χ3v) is 4.77. The van der Waals surface area contributed by atoms with Crippen molar-refractivity contribution in [2.75, 3.05) is 12.3 Å². The van der Waals surface area contributed by atoms with Crippen LogP contribution in [0.5, 0.6) is 0 Å². The Morgan fingerprint density at radius 3 is 2.61 bits per heavy atom. The van der Waals surface area contributed by atoms with Crippen molar-refractivity contribution in [3.05, 3.63) is 23.2 Å². The van der Waals surface area contributed by atoms with E-state index in [1.165, 1.54) is 18.2 Å². The maximum atomic E-state index is 12.1. The van der Waals surface area contributed by atoms with Crippen LogP contribution in [0.2, 0.25) is 5.02 Å². The van der Waals surface area contributed by atoms with Gasteiger partial charge in [0.05, 0.1) is 5.02 Å². The molecule has 4 N–H and O–H groups in total. The average molecular weight is 293 g/mol. The molecule has 5 nitrogen and oxygen atoms in total. The van der Waals surface area contributed by atoms with Gasteiger partial charge in [0.2, 0.25) is 10.0 Å². The van der Waals surface area contributed by atoms with Crippen molar-refractivity contribution >= 4 is 27.3 Å². The molecule has 0 fully saturated rings. The van der Waals surface area contributed by atoms with E-state index in [-0.39, 0.29) is 22.4 Å². The minimum atomic E-state index is -3.74. The van der Waals surface area contributed by atoms with Crippen molar-refractivity contribution in [1.29, 1.82) is 0 Å². The molecular formula is C11H17ClN2O3S. The van der Waals surface area contributed by atoms with Crippen LogP contribution in [0.1, 0.15) is 13.8 Å². The van der Waals surface area contributed by atoms with E-state index in [1.54, 1.807) is 13.8 Å². The highest BCUT2D eigenvalue weighted by atomic mass is 35.5. The summed E-state index contributed by atoms with van der Waals surface area (Å²) in [5, 5.41) is 9.10. The summed E-state index contributed by atoms with van der Waals surface area (Å²) in [4.78, 5) is -0.0545. The van der Waals surface area contributed by atoms with Gasteiger partial charge in [-0.3, -0.25) is 0 Å². The molecule has 0 radical (unpaired) electrons. The molecule has 2 unspecified atom stereocenters. The number of benzene rings is 1. The van der Waals surface area contributed by atoms with Gasteiger partial charge in [-0.1, -0.05) is 18.5 Å². The Hall–Kier alpha value is -0.820. The number of nitrogens with one attached hydrogen (secondary N) is 1. The summed E-state index contributed by atoms with van der Waals surface area (Å²) in [6.07, 6.45) is 0. The van der Waals surface area contributed by atoms with Crippen molar-refractivity contribution in [2.45, 2.75) is 24.8 Å². The molecule has 0 amide bonds. The maximum Gasteiger partial charge on any atom is 0.242 e. The Morgan fingerprint density at radius 2 is 2.06 bits per heavy atom. The molecule has 0 heterocycles. The number of nitrogen functional groups attached to an aromatic ring is 1. The quantitative estimate of drug-likeness (QED) is 0.712. The molecule has 1 aromatic rings. The van der Waals surface area contributed by atoms with E-state index in [2.05, 4.69) is 4.72 Å². The first-order valence-electron chi connectivity index (χ1n) is 5.46. The number of hydrogen-bond donors (Lipinski definition) is 3. The van der Waals surface area contributed by atoms with E-state index < -0.39 is 16.1 Å². The van der Waals surface area contributed by atoms with Crippen LogP contribution in [0.3, 0.4) is 0 Å². The monoisotopic (exact) mass is 292 g/mol. The number of rotatable bonds is 5. The molecule has 0 aromatic heterocycles. The summed E-state index contributed by atoms with van der Waals surface area (Å²) in [6.45, 7) is 3.32. The normalized spacial score (nSPS) is 15.3. The predicted molar refractivity (Wildman–Crippen MR) is 71.9 cm³/mol. The lowest BCUT2D eigenvalue weighted by Crippen LogP contribution is -2.38. The molecule has 0 aliphatic rings. The van der Waals surface area contributed by atoms with E-state index in [0.29, 0.717) is 5.69 Å². The number of halogens is 1. The van der Waals surface area contributed by atoms with E-state index >= 15 is 0 Å². The zero-order chi connectivity index (χ0) is 13.9. The smallest absolute Gasteiger partial charge is 0.242 e. The Morgan fingerprint density at radius 1 is 1.44 bits per heavy atom. The molecule has 1 rings (SSSR count). The first kappa shape index (κ1) is 15.2. The molecule has 102 valence electrons. The highest BCUT2D eigenvalue weighted by molar-refractivity contribution is 7.89. The molecule has 18 heavy (non-hydrogen) atoms. The number of anilines is 1.